The van der Waals surface area contributed by atoms with E-state index in [1.807, 2.05) is 0 Å². The fraction of sp³-hybridized carbons (Fsp3) is 0.474. The van der Waals surface area contributed by atoms with Gasteiger partial charge in [-0.15, -0.1) is 0 Å². The molecule has 0 aromatic carbocycles. The molecule has 0 radical (unpaired) electrons. The minimum atomic E-state index is -1.01. The fourth-order valence-corrected chi connectivity index (χ4v) is 2.05. The van der Waals surface area contributed by atoms with Crippen LogP contribution < -0.4 is 0 Å². The molecule has 0 aliphatic carbocycles. The van der Waals surface area contributed by atoms with Crippen molar-refractivity contribution >= 4 is 35.4 Å². The van der Waals surface area contributed by atoms with Crippen LogP contribution in [-0.2, 0) is 52.5 Å². The van der Waals surface area contributed by atoms with Gasteiger partial charge in [0.2, 0.25) is 0 Å². The number of hydrogen-bond acceptors (Lipinski definition) is 11. The summed E-state index contributed by atoms with van der Waals surface area (Å²) >= 11 is 0. The van der Waals surface area contributed by atoms with Crippen LogP contribution in [0.25, 0.3) is 0 Å². The molecule has 0 rings (SSSR count). The Bertz CT molecular complexity index is 746. The van der Waals surface area contributed by atoms with Gasteiger partial charge in [0.05, 0.1) is 40.1 Å². The van der Waals surface area contributed by atoms with Crippen LogP contribution in [0.5, 0.6) is 0 Å². The van der Waals surface area contributed by atoms with E-state index in [9.17, 15) is 28.8 Å². The Kier molecular flexibility index (Phi) is 12.2. The minimum Gasteiger partial charge on any atom is -0.469 e. The molecule has 0 amide bonds. The molecule has 166 valence electrons. The van der Waals surface area contributed by atoms with Gasteiger partial charge in [-0.25, -0.2) is 9.59 Å². The SMILES string of the molecule is COC(=O)CC(=O)/C(=C/[C@H](C/C=C(\C(=O)CC(=O)OC)C(=O)OC)OC)C(=O)OC. The summed E-state index contributed by atoms with van der Waals surface area (Å²) in [7, 11) is 5.52. The predicted molar refractivity (Wildman–Crippen MR) is 98.9 cm³/mol. The first kappa shape index (κ1) is 26.7. The van der Waals surface area contributed by atoms with E-state index >= 15 is 0 Å². The van der Waals surface area contributed by atoms with E-state index in [4.69, 9.17) is 4.74 Å². The van der Waals surface area contributed by atoms with Gasteiger partial charge in [-0.3, -0.25) is 19.2 Å². The summed E-state index contributed by atoms with van der Waals surface area (Å²) < 4.78 is 23.0. The van der Waals surface area contributed by atoms with Gasteiger partial charge in [0.1, 0.15) is 18.4 Å². The third kappa shape index (κ3) is 8.78. The van der Waals surface area contributed by atoms with Crippen molar-refractivity contribution in [3.05, 3.63) is 23.3 Å². The largest absolute Gasteiger partial charge is 0.469 e. The Hall–Kier alpha value is -3.34. The lowest BCUT2D eigenvalue weighted by Crippen LogP contribution is -2.22. The number of ketones is 2. The molecule has 11 heteroatoms. The van der Waals surface area contributed by atoms with Crippen LogP contribution >= 0.6 is 0 Å². The third-order valence-electron chi connectivity index (χ3n) is 3.69. The lowest BCUT2D eigenvalue weighted by Gasteiger charge is -2.12. The highest BCUT2D eigenvalue weighted by atomic mass is 16.5. The van der Waals surface area contributed by atoms with E-state index in [1.165, 1.54) is 7.11 Å². The van der Waals surface area contributed by atoms with E-state index in [1.54, 1.807) is 0 Å². The first-order valence-corrected chi connectivity index (χ1v) is 8.46. The summed E-state index contributed by atoms with van der Waals surface area (Å²) in [5, 5.41) is 0. The van der Waals surface area contributed by atoms with E-state index in [0.717, 1.165) is 40.6 Å². The summed E-state index contributed by atoms with van der Waals surface area (Å²) in [6, 6.07) is 0. The summed E-state index contributed by atoms with van der Waals surface area (Å²) in [5.74, 6) is -5.41. The van der Waals surface area contributed by atoms with Crippen LogP contribution in [0.15, 0.2) is 23.3 Å². The molecule has 11 nitrogen and oxygen atoms in total. The van der Waals surface area contributed by atoms with Crippen LogP contribution in [0.4, 0.5) is 0 Å². The number of carbonyl (C=O) groups is 6. The maximum atomic E-state index is 12.2. The van der Waals surface area contributed by atoms with E-state index < -0.39 is 65.5 Å². The van der Waals surface area contributed by atoms with Crippen molar-refractivity contribution in [1.82, 2.24) is 0 Å². The first-order valence-electron chi connectivity index (χ1n) is 8.46. The molecule has 0 saturated carbocycles. The average Bonchev–Trinajstić information content (AvgIpc) is 2.74. The van der Waals surface area contributed by atoms with Gasteiger partial charge in [0.25, 0.3) is 0 Å². The normalized spacial score (nSPS) is 12.4. The molecule has 0 N–H and O–H groups in total. The summed E-state index contributed by atoms with van der Waals surface area (Å²) in [4.78, 5) is 70.7. The van der Waals surface area contributed by atoms with E-state index in [-0.39, 0.29) is 6.42 Å². The summed E-state index contributed by atoms with van der Waals surface area (Å²) in [6.07, 6.45) is -0.273. The van der Waals surface area contributed by atoms with Crippen molar-refractivity contribution < 1.29 is 52.5 Å². The molecular formula is C19H24O11. The molecule has 0 aromatic rings. The maximum Gasteiger partial charge on any atom is 0.341 e. The standard InChI is InChI=1S/C19H24O11/c1-26-11(8-13(19(25)30-5)15(21)10-17(23)28-3)6-7-12(18(24)29-4)14(20)9-16(22)27-2/h7-8,11H,6,9-10H2,1-5H3/b12-7+,13-8-/t11-/m0/s1. The highest BCUT2D eigenvalue weighted by molar-refractivity contribution is 6.21. The second-order valence-electron chi connectivity index (χ2n) is 5.54. The molecule has 0 saturated heterocycles. The van der Waals surface area contributed by atoms with Gasteiger partial charge < -0.3 is 23.7 Å². The lowest BCUT2D eigenvalue weighted by molar-refractivity contribution is -0.145. The van der Waals surface area contributed by atoms with Gasteiger partial charge >= 0.3 is 23.9 Å². The third-order valence-corrected chi connectivity index (χ3v) is 3.69. The Labute approximate surface area is 172 Å². The number of methoxy groups -OCH3 is 5. The number of hydrogen-bond donors (Lipinski definition) is 0. The maximum absolute atomic E-state index is 12.2. The van der Waals surface area contributed by atoms with Gasteiger partial charge in [-0.05, 0) is 12.5 Å². The van der Waals surface area contributed by atoms with Crippen LogP contribution in [0.2, 0.25) is 0 Å². The van der Waals surface area contributed by atoms with Gasteiger partial charge in [-0.2, -0.15) is 0 Å². The molecule has 0 aliphatic rings. The lowest BCUT2D eigenvalue weighted by atomic mass is 10.0. The molecular weight excluding hydrogens is 404 g/mol. The van der Waals surface area contributed by atoms with E-state index in [2.05, 4.69) is 18.9 Å². The minimum absolute atomic E-state index is 0.153. The van der Waals surface area contributed by atoms with Crippen molar-refractivity contribution in [1.29, 1.82) is 0 Å². The molecule has 0 spiro atoms. The number of rotatable bonds is 12. The number of carbonyl (C=O) groups excluding carboxylic acids is 6. The highest BCUT2D eigenvalue weighted by Gasteiger charge is 2.25. The van der Waals surface area contributed by atoms with Crippen molar-refractivity contribution in [2.75, 3.05) is 35.5 Å². The Morgan fingerprint density at radius 1 is 0.667 bits per heavy atom. The van der Waals surface area contributed by atoms with Crippen LogP contribution in [0.1, 0.15) is 19.3 Å². The second-order valence-corrected chi connectivity index (χ2v) is 5.54. The number of ether oxygens (including phenoxy) is 5. The topological polar surface area (TPSA) is 149 Å². The zero-order valence-electron chi connectivity index (χ0n) is 17.3. The zero-order valence-corrected chi connectivity index (χ0v) is 17.3. The molecule has 0 aliphatic heterocycles. The molecule has 0 unspecified atom stereocenters. The molecule has 0 heterocycles. The Morgan fingerprint density at radius 3 is 1.50 bits per heavy atom. The van der Waals surface area contributed by atoms with Gasteiger partial charge in [0.15, 0.2) is 11.6 Å². The number of Topliss-reactive ketones (excluding diaryl/α,β-unsaturated/α-hetero) is 2. The first-order chi connectivity index (χ1) is 14.1. The van der Waals surface area contributed by atoms with Crippen molar-refractivity contribution in [3.63, 3.8) is 0 Å². The van der Waals surface area contributed by atoms with Gasteiger partial charge in [0, 0.05) is 7.11 Å². The molecule has 0 fully saturated rings. The summed E-state index contributed by atoms with van der Waals surface area (Å²) in [6.45, 7) is 0. The quantitative estimate of drug-likeness (QED) is 0.134. The van der Waals surface area contributed by atoms with Gasteiger partial charge in [-0.1, -0.05) is 6.08 Å². The Balaban J connectivity index is 5.78. The molecule has 30 heavy (non-hydrogen) atoms. The predicted octanol–water partition coefficient (Wildman–Crippen LogP) is -0.145. The second kappa shape index (κ2) is 13.8. The fourth-order valence-electron chi connectivity index (χ4n) is 2.05. The van der Waals surface area contributed by atoms with Crippen LogP contribution in [0, 0.1) is 0 Å². The van der Waals surface area contributed by atoms with Crippen molar-refractivity contribution in [2.24, 2.45) is 0 Å². The zero-order chi connectivity index (χ0) is 23.3. The smallest absolute Gasteiger partial charge is 0.341 e. The average molecular weight is 428 g/mol. The Morgan fingerprint density at radius 2 is 1.10 bits per heavy atom. The molecule has 1 atom stereocenters. The highest BCUT2D eigenvalue weighted by Crippen LogP contribution is 2.13. The number of esters is 4. The van der Waals surface area contributed by atoms with Crippen LogP contribution in [0.3, 0.4) is 0 Å². The van der Waals surface area contributed by atoms with Crippen LogP contribution in [-0.4, -0.2) is 77.1 Å². The molecule has 0 bridgehead atoms. The van der Waals surface area contributed by atoms with Crippen molar-refractivity contribution in [2.45, 2.75) is 25.4 Å². The van der Waals surface area contributed by atoms with Crippen molar-refractivity contribution in [3.8, 4) is 0 Å². The monoisotopic (exact) mass is 428 g/mol. The summed E-state index contributed by atoms with van der Waals surface area (Å²) in [5.41, 5.74) is -0.900. The molecule has 0 aromatic heterocycles. The van der Waals surface area contributed by atoms with E-state index in [0.29, 0.717) is 0 Å².